The summed E-state index contributed by atoms with van der Waals surface area (Å²) < 4.78 is 0. The first kappa shape index (κ1) is 11.4. The molecule has 0 atom stereocenters. The highest BCUT2D eigenvalue weighted by Gasteiger charge is 2.35. The van der Waals surface area contributed by atoms with Crippen LogP contribution >= 0.6 is 0 Å². The van der Waals surface area contributed by atoms with Crippen molar-refractivity contribution in [2.45, 2.75) is 19.4 Å². The van der Waals surface area contributed by atoms with E-state index in [-0.39, 0.29) is 17.1 Å². The quantitative estimate of drug-likeness (QED) is 0.818. The monoisotopic (exact) mass is 234 g/mol. The Morgan fingerprint density at radius 3 is 2.71 bits per heavy atom. The number of benzene rings is 1. The number of amides is 2. The number of hydrogen-bond acceptors (Lipinski definition) is 2. The Bertz CT molecular complexity index is 482. The molecule has 0 aliphatic carbocycles. The average Bonchev–Trinajstić information content (AvgIpc) is 2.52. The predicted octanol–water partition coefficient (Wildman–Crippen LogP) is 1.69. The van der Waals surface area contributed by atoms with Gasteiger partial charge >= 0.3 is 12.0 Å². The zero-order valence-electron chi connectivity index (χ0n) is 9.73. The highest BCUT2D eigenvalue weighted by molar-refractivity contribution is 5.97. The molecule has 90 valence electrons. The summed E-state index contributed by atoms with van der Waals surface area (Å²) in [4.78, 5) is 24.1. The summed E-state index contributed by atoms with van der Waals surface area (Å²) in [7, 11) is 0. The number of carboxylic acids is 1. The van der Waals surface area contributed by atoms with E-state index in [1.165, 1.54) is 12.1 Å². The van der Waals surface area contributed by atoms with Gasteiger partial charge in [-0.15, -0.1) is 0 Å². The molecule has 1 aliphatic rings. The number of hydrogen-bond donors (Lipinski definition) is 2. The number of rotatable bonds is 2. The Kier molecular flexibility index (Phi) is 2.53. The molecular weight excluding hydrogens is 220 g/mol. The van der Waals surface area contributed by atoms with E-state index in [2.05, 4.69) is 5.32 Å². The van der Waals surface area contributed by atoms with E-state index in [9.17, 15) is 9.59 Å². The fourth-order valence-corrected chi connectivity index (χ4v) is 1.88. The van der Waals surface area contributed by atoms with Gasteiger partial charge in [0.1, 0.15) is 0 Å². The van der Waals surface area contributed by atoms with Crippen molar-refractivity contribution in [3.05, 3.63) is 29.8 Å². The average molecular weight is 234 g/mol. The smallest absolute Gasteiger partial charge is 0.335 e. The number of aromatic carboxylic acids is 1. The molecule has 5 heteroatoms. The zero-order chi connectivity index (χ0) is 12.6. The molecule has 0 aromatic heterocycles. The van der Waals surface area contributed by atoms with Crippen LogP contribution in [0.25, 0.3) is 0 Å². The van der Waals surface area contributed by atoms with Crippen LogP contribution in [0.15, 0.2) is 24.3 Å². The molecule has 17 heavy (non-hydrogen) atoms. The van der Waals surface area contributed by atoms with E-state index in [0.29, 0.717) is 12.2 Å². The van der Waals surface area contributed by atoms with Gasteiger partial charge in [0, 0.05) is 5.69 Å². The number of anilines is 1. The maximum atomic E-state index is 11.7. The molecule has 1 heterocycles. The maximum absolute atomic E-state index is 11.7. The molecule has 2 amide bonds. The fraction of sp³-hybridized carbons (Fsp3) is 0.333. The Morgan fingerprint density at radius 1 is 1.47 bits per heavy atom. The van der Waals surface area contributed by atoms with Crippen LogP contribution < -0.4 is 10.2 Å². The van der Waals surface area contributed by atoms with Gasteiger partial charge < -0.3 is 10.4 Å². The summed E-state index contributed by atoms with van der Waals surface area (Å²) in [5.41, 5.74) is 0.490. The van der Waals surface area contributed by atoms with Gasteiger partial charge in [-0.25, -0.2) is 9.59 Å². The minimum atomic E-state index is -0.995. The Balaban J connectivity index is 2.32. The molecule has 2 rings (SSSR count). The van der Waals surface area contributed by atoms with Crippen LogP contribution in [-0.4, -0.2) is 29.2 Å². The molecule has 0 unspecified atom stereocenters. The number of urea groups is 1. The van der Waals surface area contributed by atoms with Crippen LogP contribution in [-0.2, 0) is 0 Å². The molecule has 2 N–H and O–H groups in total. The molecule has 1 saturated heterocycles. The maximum Gasteiger partial charge on any atom is 0.335 e. The van der Waals surface area contributed by atoms with Gasteiger partial charge in [0.2, 0.25) is 0 Å². The summed E-state index contributed by atoms with van der Waals surface area (Å²) in [5, 5.41) is 11.7. The van der Waals surface area contributed by atoms with Gasteiger partial charge in [0.15, 0.2) is 0 Å². The first-order valence-corrected chi connectivity index (χ1v) is 5.32. The van der Waals surface area contributed by atoms with Gasteiger partial charge in [0.05, 0.1) is 17.6 Å². The molecule has 5 nitrogen and oxygen atoms in total. The summed E-state index contributed by atoms with van der Waals surface area (Å²) >= 11 is 0. The molecule has 0 saturated carbocycles. The first-order valence-electron chi connectivity index (χ1n) is 5.32. The lowest BCUT2D eigenvalue weighted by molar-refractivity contribution is 0.0697. The van der Waals surface area contributed by atoms with Crippen molar-refractivity contribution in [2.75, 3.05) is 11.4 Å². The highest BCUT2D eigenvalue weighted by atomic mass is 16.4. The minimum absolute atomic E-state index is 0.181. The van der Waals surface area contributed by atoms with Crippen molar-refractivity contribution in [1.29, 1.82) is 0 Å². The Morgan fingerprint density at radius 2 is 2.18 bits per heavy atom. The van der Waals surface area contributed by atoms with E-state index in [0.717, 1.165) is 0 Å². The van der Waals surface area contributed by atoms with Crippen LogP contribution in [0.4, 0.5) is 10.5 Å². The van der Waals surface area contributed by atoms with E-state index in [4.69, 9.17) is 5.11 Å². The van der Waals surface area contributed by atoms with Gasteiger partial charge in [-0.2, -0.15) is 0 Å². The van der Waals surface area contributed by atoms with Crippen molar-refractivity contribution in [2.24, 2.45) is 0 Å². The number of carbonyl (C=O) groups is 2. The summed E-state index contributed by atoms with van der Waals surface area (Å²) in [6.45, 7) is 4.37. The third-order valence-electron chi connectivity index (χ3n) is 2.65. The molecular formula is C12H14N2O3. The van der Waals surface area contributed by atoms with E-state index in [1.807, 2.05) is 13.8 Å². The van der Waals surface area contributed by atoms with Crippen molar-refractivity contribution < 1.29 is 14.7 Å². The van der Waals surface area contributed by atoms with Gasteiger partial charge in [-0.05, 0) is 32.0 Å². The van der Waals surface area contributed by atoms with Crippen LogP contribution in [0.3, 0.4) is 0 Å². The molecule has 1 aromatic rings. The van der Waals surface area contributed by atoms with Gasteiger partial charge in [-0.3, -0.25) is 4.90 Å². The minimum Gasteiger partial charge on any atom is -0.478 e. The van der Waals surface area contributed by atoms with Crippen LogP contribution in [0.2, 0.25) is 0 Å². The van der Waals surface area contributed by atoms with E-state index >= 15 is 0 Å². The second-order valence-electron chi connectivity index (χ2n) is 4.76. The molecule has 0 spiro atoms. The summed E-state index contributed by atoms with van der Waals surface area (Å²) in [6.07, 6.45) is 0. The van der Waals surface area contributed by atoms with Gasteiger partial charge in [0.25, 0.3) is 0 Å². The lowest BCUT2D eigenvalue weighted by Gasteiger charge is -2.18. The number of carbonyl (C=O) groups excluding carboxylic acids is 1. The predicted molar refractivity (Wildman–Crippen MR) is 63.4 cm³/mol. The second kappa shape index (κ2) is 3.76. The normalized spacial score (nSPS) is 18.0. The van der Waals surface area contributed by atoms with Crippen molar-refractivity contribution in [3.63, 3.8) is 0 Å². The Labute approximate surface area is 99.0 Å². The van der Waals surface area contributed by atoms with Crippen LogP contribution in [0, 0.1) is 0 Å². The van der Waals surface area contributed by atoms with Crippen LogP contribution in [0.5, 0.6) is 0 Å². The topological polar surface area (TPSA) is 69.6 Å². The zero-order valence-corrected chi connectivity index (χ0v) is 9.73. The SMILES string of the molecule is CC1(C)CN(c2cccc(C(=O)O)c2)C(=O)N1. The van der Waals surface area contributed by atoms with Crippen molar-refractivity contribution in [3.8, 4) is 0 Å². The van der Waals surface area contributed by atoms with Crippen LogP contribution in [0.1, 0.15) is 24.2 Å². The lowest BCUT2D eigenvalue weighted by atomic mass is 10.1. The lowest BCUT2D eigenvalue weighted by Crippen LogP contribution is -2.36. The first-order chi connectivity index (χ1) is 7.89. The molecule has 0 bridgehead atoms. The molecule has 1 aliphatic heterocycles. The largest absolute Gasteiger partial charge is 0.478 e. The Hall–Kier alpha value is -2.04. The fourth-order valence-electron chi connectivity index (χ4n) is 1.88. The standard InChI is InChI=1S/C12H14N2O3/c1-12(2)7-14(11(17)13-12)9-5-3-4-8(6-9)10(15)16/h3-6H,7H2,1-2H3,(H,13,17)(H,15,16). The highest BCUT2D eigenvalue weighted by Crippen LogP contribution is 2.23. The molecule has 1 aromatic carbocycles. The molecule has 0 radical (unpaired) electrons. The van der Waals surface area contributed by atoms with Crippen molar-refractivity contribution >= 4 is 17.7 Å². The summed E-state index contributed by atoms with van der Waals surface area (Å²) in [5.74, 6) is -0.995. The molecule has 1 fully saturated rings. The van der Waals surface area contributed by atoms with E-state index in [1.54, 1.807) is 17.0 Å². The number of nitrogens with one attached hydrogen (secondary N) is 1. The third-order valence-corrected chi connectivity index (χ3v) is 2.65. The number of nitrogens with zero attached hydrogens (tertiary/aromatic N) is 1. The number of carboxylic acid groups (broad SMARTS) is 1. The summed E-state index contributed by atoms with van der Waals surface area (Å²) in [6, 6.07) is 6.18. The van der Waals surface area contributed by atoms with Crippen molar-refractivity contribution in [1.82, 2.24) is 5.32 Å². The van der Waals surface area contributed by atoms with E-state index < -0.39 is 5.97 Å². The second-order valence-corrected chi connectivity index (χ2v) is 4.76. The third kappa shape index (κ3) is 2.22. The van der Waals surface area contributed by atoms with Gasteiger partial charge in [-0.1, -0.05) is 6.07 Å².